The third-order valence-electron chi connectivity index (χ3n) is 3.27. The average molecular weight is 630 g/mol. The summed E-state index contributed by atoms with van der Waals surface area (Å²) in [6.45, 7) is 8.79. The molecule has 1 N–H and O–H groups in total. The smallest absolute Gasteiger partial charge is 0.303 e. The summed E-state index contributed by atoms with van der Waals surface area (Å²) in [6.07, 6.45) is -1.32. The van der Waals surface area contributed by atoms with E-state index >= 15 is 0 Å². The number of carbonyl (C=O) groups excluding carboxylic acids is 3. The van der Waals surface area contributed by atoms with Crippen molar-refractivity contribution in [3.63, 3.8) is 0 Å². The summed E-state index contributed by atoms with van der Waals surface area (Å²) in [5.74, 6) is -1.10. The van der Waals surface area contributed by atoms with Gasteiger partial charge in [-0.15, -0.1) is 0 Å². The third kappa shape index (κ3) is 12.8. The van der Waals surface area contributed by atoms with Gasteiger partial charge < -0.3 is 24.1 Å². The minimum atomic E-state index is -1.37. The molecule has 4 unspecified atom stereocenters. The largest absolute Gasteiger partial charge is 0.542 e. The molecule has 0 aromatic rings. The normalized spacial score (nSPS) is 23.7. The van der Waals surface area contributed by atoms with Gasteiger partial charge in [0.2, 0.25) is 0 Å². The van der Waals surface area contributed by atoms with Crippen LogP contribution in [0, 0.1) is 31.1 Å². The molecule has 0 aliphatic carbocycles. The number of hydrogen-bond donors (Lipinski definition) is 1. The molecule has 1 aliphatic rings. The molecule has 1 fully saturated rings. The molecule has 28 heavy (non-hydrogen) atoms. The van der Waals surface area contributed by atoms with Crippen molar-refractivity contribution >= 4 is 18.2 Å². The number of rotatable bonds is 9. The predicted octanol–water partition coefficient (Wildman–Crippen LogP) is 0.668. The second-order valence-electron chi connectivity index (χ2n) is 5.49. The number of aliphatic hydroxyl groups is 1. The molecular formula is C17H30NO9U-. The fourth-order valence-electron chi connectivity index (χ4n) is 2.45. The second kappa shape index (κ2) is 17.3. The zero-order valence-corrected chi connectivity index (χ0v) is 21.2. The molecule has 0 amide bonds. The molecule has 0 bridgehead atoms. The number of carbonyl (C=O) groups is 2. The first-order valence-electron chi connectivity index (χ1n) is 8.79. The van der Waals surface area contributed by atoms with Gasteiger partial charge in [0, 0.05) is 51.4 Å². The Morgan fingerprint density at radius 3 is 2.07 bits per heavy atom. The van der Waals surface area contributed by atoms with Crippen molar-refractivity contribution in [1.29, 1.82) is 0 Å². The topological polar surface area (TPSA) is 121 Å². The van der Waals surface area contributed by atoms with Crippen molar-refractivity contribution in [1.82, 2.24) is 5.23 Å². The molecular weight excluding hydrogens is 600 g/mol. The van der Waals surface area contributed by atoms with Crippen LogP contribution in [-0.4, -0.2) is 72.9 Å². The molecule has 4 atom stereocenters. The number of hydrogen-bond acceptors (Lipinski definition) is 10. The third-order valence-corrected chi connectivity index (χ3v) is 3.27. The maximum atomic E-state index is 11.3. The zero-order chi connectivity index (χ0) is 20.8. The van der Waals surface area contributed by atoms with Gasteiger partial charge in [0.15, 0.2) is 12.4 Å². The minimum absolute atomic E-state index is 0. The Morgan fingerprint density at radius 1 is 1.14 bits per heavy atom. The first-order chi connectivity index (χ1) is 12.8. The molecule has 11 heteroatoms. The summed E-state index contributed by atoms with van der Waals surface area (Å²) in [4.78, 5) is 41.7. The zero-order valence-electron chi connectivity index (χ0n) is 17.0. The Kier molecular flexibility index (Phi) is 18.4. The van der Waals surface area contributed by atoms with Crippen molar-refractivity contribution in [3.05, 3.63) is 0 Å². The van der Waals surface area contributed by atoms with Crippen LogP contribution in [0.1, 0.15) is 47.5 Å². The van der Waals surface area contributed by atoms with E-state index in [0.29, 0.717) is 32.6 Å². The van der Waals surface area contributed by atoms with E-state index in [4.69, 9.17) is 28.7 Å². The first kappa shape index (κ1) is 29.7. The quantitative estimate of drug-likeness (QED) is 0.221. The van der Waals surface area contributed by atoms with Gasteiger partial charge in [-0.05, 0) is 20.3 Å². The van der Waals surface area contributed by atoms with Gasteiger partial charge in [-0.25, -0.2) is 0 Å². The van der Waals surface area contributed by atoms with Gasteiger partial charge in [-0.2, -0.15) is 6.92 Å². The molecule has 1 saturated heterocycles. The Morgan fingerprint density at radius 2 is 1.64 bits per heavy atom. The number of ether oxygens (including phenoxy) is 3. The van der Waals surface area contributed by atoms with Crippen LogP contribution in [0.5, 0.6) is 0 Å². The minimum Gasteiger partial charge on any atom is -0.542 e. The number of esters is 2. The van der Waals surface area contributed by atoms with Crippen molar-refractivity contribution < 1.29 is 74.5 Å². The van der Waals surface area contributed by atoms with Gasteiger partial charge in [0.1, 0.15) is 6.10 Å². The SMILES string of the molecule is CCON(CCC1CC(OC(C)=O)C(OC(C)=O)C(O)O1)OCC.C[C-]=O.[U]. The standard InChI is InChI=1S/C15H27NO8.C2H3O.U/c1-5-20-16(21-6-2)8-7-12-9-13(22-10(3)17)14(15(19)24-12)23-11(4)18;1-2-3;/h12-15,19H,5-9H2,1-4H3;1H3;/q;-1;. The van der Waals surface area contributed by atoms with E-state index in [1.54, 1.807) is 0 Å². The second-order valence-corrected chi connectivity index (χ2v) is 5.49. The van der Waals surface area contributed by atoms with E-state index in [-0.39, 0.29) is 31.1 Å². The Hall–Kier alpha value is -0.538. The molecule has 0 aromatic carbocycles. The van der Waals surface area contributed by atoms with E-state index in [1.807, 2.05) is 13.8 Å². The molecule has 0 saturated carbocycles. The molecule has 162 valence electrons. The molecule has 1 aliphatic heterocycles. The van der Waals surface area contributed by atoms with E-state index in [9.17, 15) is 14.7 Å². The maximum absolute atomic E-state index is 11.3. The summed E-state index contributed by atoms with van der Waals surface area (Å²) >= 11 is 0. The van der Waals surface area contributed by atoms with Gasteiger partial charge in [0.25, 0.3) is 0 Å². The van der Waals surface area contributed by atoms with E-state index in [2.05, 4.69) is 0 Å². The van der Waals surface area contributed by atoms with Crippen molar-refractivity contribution in [2.24, 2.45) is 0 Å². The van der Waals surface area contributed by atoms with E-state index < -0.39 is 36.5 Å². The van der Waals surface area contributed by atoms with Crippen molar-refractivity contribution in [2.75, 3.05) is 19.8 Å². The maximum Gasteiger partial charge on any atom is 0.303 e. The van der Waals surface area contributed by atoms with Crippen LogP contribution in [-0.2, 0) is 38.3 Å². The summed E-state index contributed by atoms with van der Waals surface area (Å²) in [5.41, 5.74) is 0. The van der Waals surface area contributed by atoms with E-state index in [1.165, 1.54) is 32.3 Å². The summed E-state index contributed by atoms with van der Waals surface area (Å²) in [5, 5.41) is 11.4. The summed E-state index contributed by atoms with van der Waals surface area (Å²) in [7, 11) is 0. The van der Waals surface area contributed by atoms with Gasteiger partial charge in [-0.1, -0.05) is 5.23 Å². The fraction of sp³-hybridized carbons (Fsp3) is 0.824. The average Bonchev–Trinajstić information content (AvgIpc) is 2.56. The molecule has 0 radical (unpaired) electrons. The molecule has 1 rings (SSSR count). The first-order valence-corrected chi connectivity index (χ1v) is 8.79. The van der Waals surface area contributed by atoms with Crippen LogP contribution < -0.4 is 0 Å². The van der Waals surface area contributed by atoms with Gasteiger partial charge in [0.05, 0.1) is 25.9 Å². The van der Waals surface area contributed by atoms with E-state index in [0.717, 1.165) is 0 Å². The monoisotopic (exact) mass is 630 g/mol. The Labute approximate surface area is 189 Å². The summed E-state index contributed by atoms with van der Waals surface area (Å²) < 4.78 is 15.7. The fourth-order valence-corrected chi connectivity index (χ4v) is 2.45. The molecule has 0 aromatic heterocycles. The van der Waals surface area contributed by atoms with Crippen LogP contribution in [0.15, 0.2) is 0 Å². The van der Waals surface area contributed by atoms with Gasteiger partial charge in [-0.3, -0.25) is 25.6 Å². The van der Waals surface area contributed by atoms with Crippen LogP contribution in [0.3, 0.4) is 0 Å². The Bertz CT molecular complexity index is 446. The van der Waals surface area contributed by atoms with Crippen LogP contribution in [0.4, 0.5) is 0 Å². The molecule has 0 spiro atoms. The van der Waals surface area contributed by atoms with Crippen LogP contribution in [0.25, 0.3) is 0 Å². The van der Waals surface area contributed by atoms with Crippen LogP contribution in [0.2, 0.25) is 0 Å². The summed E-state index contributed by atoms with van der Waals surface area (Å²) in [6, 6.07) is 0. The van der Waals surface area contributed by atoms with Gasteiger partial charge >= 0.3 is 11.9 Å². The molecule has 10 nitrogen and oxygen atoms in total. The van der Waals surface area contributed by atoms with Crippen molar-refractivity contribution in [3.8, 4) is 0 Å². The van der Waals surface area contributed by atoms with Crippen LogP contribution >= 0.6 is 0 Å². The number of aliphatic hydroxyl groups excluding tert-OH is 1. The number of nitrogens with zero attached hydrogens (tertiary/aromatic N) is 1. The van der Waals surface area contributed by atoms with Crippen molar-refractivity contribution in [2.45, 2.75) is 72.1 Å². The predicted molar refractivity (Wildman–Crippen MR) is 92.5 cm³/mol. The number of hydroxylamine groups is 2. The molecule has 1 heterocycles. The Balaban J connectivity index is 0.